The Hall–Kier alpha value is -2.05. The van der Waals surface area contributed by atoms with Gasteiger partial charge in [-0.25, -0.2) is 4.99 Å². The van der Waals surface area contributed by atoms with Crippen molar-refractivity contribution in [3.05, 3.63) is 52.2 Å². The van der Waals surface area contributed by atoms with Crippen molar-refractivity contribution in [2.24, 2.45) is 10.9 Å². The molecule has 1 aliphatic heterocycles. The molecule has 2 aromatic rings. The maximum atomic E-state index is 9.30. The van der Waals surface area contributed by atoms with Crippen molar-refractivity contribution in [1.29, 1.82) is 0 Å². The number of anilines is 1. The molecule has 1 atom stereocenters. The van der Waals surface area contributed by atoms with Gasteiger partial charge in [-0.3, -0.25) is 0 Å². The maximum Gasteiger partial charge on any atom is 0.191 e. The summed E-state index contributed by atoms with van der Waals surface area (Å²) in [5.74, 6) is 1.80. The van der Waals surface area contributed by atoms with Crippen LogP contribution in [-0.4, -0.2) is 43.9 Å². The van der Waals surface area contributed by atoms with Crippen molar-refractivity contribution in [1.82, 2.24) is 10.6 Å². The van der Waals surface area contributed by atoms with Crippen molar-refractivity contribution < 1.29 is 5.11 Å². The van der Waals surface area contributed by atoms with Crippen LogP contribution in [0.25, 0.3) is 0 Å². The fraction of sp³-hybridized carbons (Fsp3) is 0.522. The van der Waals surface area contributed by atoms with E-state index in [1.807, 2.05) is 0 Å². The summed E-state index contributed by atoms with van der Waals surface area (Å²) in [5.41, 5.74) is 2.48. The Labute approximate surface area is 178 Å². The molecule has 3 rings (SSSR count). The first-order chi connectivity index (χ1) is 14.2. The quantitative estimate of drug-likeness (QED) is 0.454. The number of aliphatic imine (C=N–C) groups is 1. The Bertz CT molecular complexity index is 737. The normalized spacial score (nSPS) is 16.7. The molecule has 1 aliphatic rings. The number of benzene rings is 1. The number of nitrogens with zero attached hydrogens (tertiary/aromatic N) is 2. The van der Waals surface area contributed by atoms with E-state index < -0.39 is 0 Å². The molecule has 1 aromatic heterocycles. The van der Waals surface area contributed by atoms with Crippen LogP contribution in [0.1, 0.15) is 43.0 Å². The van der Waals surface area contributed by atoms with Crippen LogP contribution in [0.15, 0.2) is 46.8 Å². The molecule has 0 radical (unpaired) electrons. The predicted molar refractivity (Wildman–Crippen MR) is 124 cm³/mol. The van der Waals surface area contributed by atoms with Crippen molar-refractivity contribution in [2.75, 3.05) is 37.7 Å². The number of guanidine groups is 1. The van der Waals surface area contributed by atoms with E-state index in [0.717, 1.165) is 45.0 Å². The van der Waals surface area contributed by atoms with Crippen molar-refractivity contribution in [3.63, 3.8) is 0 Å². The summed E-state index contributed by atoms with van der Waals surface area (Å²) in [6.07, 6.45) is 2.15. The molecule has 0 bridgehead atoms. The van der Waals surface area contributed by atoms with E-state index in [-0.39, 0.29) is 0 Å². The van der Waals surface area contributed by atoms with Gasteiger partial charge in [-0.2, -0.15) is 0 Å². The zero-order valence-electron chi connectivity index (χ0n) is 17.6. The molecule has 0 spiro atoms. The number of aliphatic hydroxyl groups excluding tert-OH is 1. The zero-order valence-corrected chi connectivity index (χ0v) is 18.4. The predicted octanol–water partition coefficient (Wildman–Crippen LogP) is 3.82. The van der Waals surface area contributed by atoms with Crippen LogP contribution in [0.2, 0.25) is 0 Å². The molecule has 1 aromatic carbocycles. The van der Waals surface area contributed by atoms with Gasteiger partial charge in [0.1, 0.15) is 0 Å². The van der Waals surface area contributed by atoms with Gasteiger partial charge in [0.05, 0.1) is 6.54 Å². The van der Waals surface area contributed by atoms with E-state index in [1.165, 1.54) is 16.1 Å². The van der Waals surface area contributed by atoms with Crippen molar-refractivity contribution >= 4 is 23.0 Å². The first kappa shape index (κ1) is 21.7. The standard InChI is InChI=1S/C23H34N4OS/c1-3-24-23(25-15-18(2)22-5-4-14-29-22)26-16-19-6-8-21(9-7-19)27-12-10-20(17-28)11-13-27/h4-9,14,18,20,28H,3,10-13,15-17H2,1-2H3,(H2,24,25,26). The summed E-state index contributed by atoms with van der Waals surface area (Å²) in [6.45, 7) is 9.09. The molecule has 5 nitrogen and oxygen atoms in total. The average Bonchev–Trinajstić information content (AvgIpc) is 3.31. The van der Waals surface area contributed by atoms with Crippen LogP contribution in [0, 0.1) is 5.92 Å². The fourth-order valence-electron chi connectivity index (χ4n) is 3.62. The Kier molecular flexibility index (Phi) is 8.38. The molecule has 0 amide bonds. The Morgan fingerprint density at radius 3 is 2.59 bits per heavy atom. The second-order valence-electron chi connectivity index (χ2n) is 7.77. The lowest BCUT2D eigenvalue weighted by Gasteiger charge is -2.32. The second kappa shape index (κ2) is 11.2. The summed E-state index contributed by atoms with van der Waals surface area (Å²) < 4.78 is 0. The van der Waals surface area contributed by atoms with Crippen LogP contribution in [0.5, 0.6) is 0 Å². The summed E-state index contributed by atoms with van der Waals surface area (Å²) in [4.78, 5) is 8.57. The molecule has 158 valence electrons. The summed E-state index contributed by atoms with van der Waals surface area (Å²) >= 11 is 1.80. The third-order valence-electron chi connectivity index (χ3n) is 5.54. The highest BCUT2D eigenvalue weighted by molar-refractivity contribution is 7.10. The maximum absolute atomic E-state index is 9.30. The molecule has 0 saturated carbocycles. The topological polar surface area (TPSA) is 59.9 Å². The fourth-order valence-corrected chi connectivity index (χ4v) is 4.41. The van der Waals surface area contributed by atoms with E-state index >= 15 is 0 Å². The van der Waals surface area contributed by atoms with Crippen LogP contribution >= 0.6 is 11.3 Å². The first-order valence-electron chi connectivity index (χ1n) is 10.7. The third-order valence-corrected chi connectivity index (χ3v) is 6.65. The van der Waals surface area contributed by atoms with Crippen LogP contribution in [-0.2, 0) is 6.54 Å². The minimum atomic E-state index is 0.319. The van der Waals surface area contributed by atoms with Gasteiger partial charge in [0.25, 0.3) is 0 Å². The molecule has 6 heteroatoms. The van der Waals surface area contributed by atoms with Gasteiger partial charge in [-0.15, -0.1) is 11.3 Å². The number of aliphatic hydroxyl groups is 1. The van der Waals surface area contributed by atoms with Gasteiger partial charge in [-0.05, 0) is 54.8 Å². The Balaban J connectivity index is 1.52. The number of hydrogen-bond acceptors (Lipinski definition) is 4. The average molecular weight is 415 g/mol. The van der Waals surface area contributed by atoms with Crippen LogP contribution < -0.4 is 15.5 Å². The number of thiophene rings is 1. The molecular weight excluding hydrogens is 380 g/mol. The van der Waals surface area contributed by atoms with E-state index in [9.17, 15) is 5.11 Å². The summed E-state index contributed by atoms with van der Waals surface area (Å²) in [6, 6.07) is 13.0. The molecule has 29 heavy (non-hydrogen) atoms. The summed E-state index contributed by atoms with van der Waals surface area (Å²) in [5, 5.41) is 18.2. The first-order valence-corrected chi connectivity index (χ1v) is 11.6. The van der Waals surface area contributed by atoms with Gasteiger partial charge in [0.2, 0.25) is 0 Å². The van der Waals surface area contributed by atoms with E-state index in [4.69, 9.17) is 4.99 Å². The zero-order chi connectivity index (χ0) is 20.5. The van der Waals surface area contributed by atoms with Gasteiger partial charge in [-0.1, -0.05) is 25.1 Å². The smallest absolute Gasteiger partial charge is 0.191 e. The molecule has 3 N–H and O–H groups in total. The van der Waals surface area contributed by atoms with Crippen LogP contribution in [0.3, 0.4) is 0 Å². The molecule has 2 heterocycles. The third kappa shape index (κ3) is 6.47. The molecule has 1 unspecified atom stereocenters. The number of rotatable bonds is 8. The highest BCUT2D eigenvalue weighted by Gasteiger charge is 2.18. The van der Waals surface area contributed by atoms with Crippen molar-refractivity contribution in [3.8, 4) is 0 Å². The molecule has 0 aliphatic carbocycles. The number of nitrogens with one attached hydrogen (secondary N) is 2. The minimum Gasteiger partial charge on any atom is -0.396 e. The number of hydrogen-bond donors (Lipinski definition) is 3. The van der Waals surface area contributed by atoms with E-state index in [2.05, 4.69) is 71.2 Å². The minimum absolute atomic E-state index is 0.319. The van der Waals surface area contributed by atoms with Gasteiger partial charge < -0.3 is 20.6 Å². The monoisotopic (exact) mass is 414 g/mol. The Morgan fingerprint density at radius 1 is 1.21 bits per heavy atom. The van der Waals surface area contributed by atoms with E-state index in [0.29, 0.717) is 25.0 Å². The van der Waals surface area contributed by atoms with Crippen LogP contribution in [0.4, 0.5) is 5.69 Å². The molecule has 1 fully saturated rings. The lowest BCUT2D eigenvalue weighted by Crippen LogP contribution is -2.39. The SMILES string of the molecule is CCNC(=NCc1ccc(N2CCC(CO)CC2)cc1)NCC(C)c1cccs1. The van der Waals surface area contributed by atoms with Gasteiger partial charge in [0, 0.05) is 49.3 Å². The molecule has 1 saturated heterocycles. The highest BCUT2D eigenvalue weighted by atomic mass is 32.1. The second-order valence-corrected chi connectivity index (χ2v) is 8.75. The summed E-state index contributed by atoms with van der Waals surface area (Å²) in [7, 11) is 0. The van der Waals surface area contributed by atoms with Crippen molar-refractivity contribution in [2.45, 2.75) is 39.2 Å². The highest BCUT2D eigenvalue weighted by Crippen LogP contribution is 2.23. The lowest BCUT2D eigenvalue weighted by molar-refractivity contribution is 0.203. The largest absolute Gasteiger partial charge is 0.396 e. The number of piperidine rings is 1. The van der Waals surface area contributed by atoms with Gasteiger partial charge in [0.15, 0.2) is 5.96 Å². The van der Waals surface area contributed by atoms with E-state index in [1.54, 1.807) is 11.3 Å². The van der Waals surface area contributed by atoms with Gasteiger partial charge >= 0.3 is 0 Å². The molecular formula is C23H34N4OS. The Morgan fingerprint density at radius 2 is 1.97 bits per heavy atom. The lowest BCUT2D eigenvalue weighted by atomic mass is 9.97.